The molecule has 0 aromatic heterocycles. The third-order valence-corrected chi connectivity index (χ3v) is 5.21. The summed E-state index contributed by atoms with van der Waals surface area (Å²) in [4.78, 5) is 0. The Labute approximate surface area is 131 Å². The molecule has 1 saturated carbocycles. The monoisotopic (exact) mass is 294 g/mol. The molecule has 0 heterocycles. The molecule has 2 aliphatic carbocycles. The molecule has 2 aromatic rings. The molecule has 4 rings (SSSR count). The Morgan fingerprint density at radius 2 is 1.67 bits per heavy atom. The summed E-state index contributed by atoms with van der Waals surface area (Å²) in [6, 6.07) is 14.9. The number of fused-ring (bicyclic) bond motifs is 1. The molecular weight excluding hydrogens is 276 g/mol. The van der Waals surface area contributed by atoms with Crippen LogP contribution in [0, 0.1) is 5.92 Å². The van der Waals surface area contributed by atoms with E-state index in [9.17, 15) is 0 Å². The zero-order valence-electron chi connectivity index (χ0n) is 12.1. The maximum atomic E-state index is 6.01. The molecule has 1 heteroatoms. The lowest BCUT2D eigenvalue weighted by Crippen LogP contribution is -1.97. The highest BCUT2D eigenvalue weighted by molar-refractivity contribution is 6.30. The average Bonchev–Trinajstić information content (AvgIpc) is 3.16. The van der Waals surface area contributed by atoms with Crippen LogP contribution in [0.5, 0.6) is 0 Å². The van der Waals surface area contributed by atoms with E-state index in [0.29, 0.717) is 0 Å². The van der Waals surface area contributed by atoms with E-state index in [1.54, 1.807) is 5.57 Å². The summed E-state index contributed by atoms with van der Waals surface area (Å²) in [5.74, 6) is 0.829. The van der Waals surface area contributed by atoms with Crippen LogP contribution in [0.25, 0.3) is 17.2 Å². The Morgan fingerprint density at radius 3 is 2.43 bits per heavy atom. The summed E-state index contributed by atoms with van der Waals surface area (Å²) in [6.07, 6.45) is 9.20. The normalized spacial score (nSPS) is 17.9. The van der Waals surface area contributed by atoms with Gasteiger partial charge in [0.25, 0.3) is 0 Å². The Morgan fingerprint density at radius 1 is 0.905 bits per heavy atom. The molecule has 0 N–H and O–H groups in total. The van der Waals surface area contributed by atoms with Crippen LogP contribution in [0.15, 0.2) is 48.0 Å². The van der Waals surface area contributed by atoms with Crippen LogP contribution < -0.4 is 0 Å². The van der Waals surface area contributed by atoms with Crippen LogP contribution in [0.3, 0.4) is 0 Å². The van der Waals surface area contributed by atoms with Gasteiger partial charge in [-0.1, -0.05) is 66.4 Å². The maximum Gasteiger partial charge on any atom is 0.0406 e. The predicted molar refractivity (Wildman–Crippen MR) is 90.5 cm³/mol. The fraction of sp³-hybridized carbons (Fsp3) is 0.300. The van der Waals surface area contributed by atoms with Crippen molar-refractivity contribution in [2.45, 2.75) is 32.1 Å². The van der Waals surface area contributed by atoms with Gasteiger partial charge in [-0.3, -0.25) is 0 Å². The molecule has 0 amide bonds. The lowest BCUT2D eigenvalue weighted by Gasteiger charge is -2.09. The first-order chi connectivity index (χ1) is 10.3. The number of hydrogen-bond acceptors (Lipinski definition) is 0. The van der Waals surface area contributed by atoms with E-state index < -0.39 is 0 Å². The Hall–Kier alpha value is -1.53. The van der Waals surface area contributed by atoms with E-state index in [4.69, 9.17) is 11.6 Å². The van der Waals surface area contributed by atoms with Gasteiger partial charge < -0.3 is 0 Å². The number of halogens is 1. The summed E-state index contributed by atoms with van der Waals surface area (Å²) >= 11 is 6.01. The molecular formula is C20H19Cl. The molecule has 0 bridgehead atoms. The minimum Gasteiger partial charge on any atom is -0.0843 e. The Balaban J connectivity index is 1.75. The molecule has 0 saturated heterocycles. The van der Waals surface area contributed by atoms with Crippen LogP contribution in [0.1, 0.15) is 36.8 Å². The van der Waals surface area contributed by atoms with Crippen molar-refractivity contribution in [3.8, 4) is 11.1 Å². The second kappa shape index (κ2) is 5.35. The summed E-state index contributed by atoms with van der Waals surface area (Å²) in [5, 5.41) is 0.800. The molecule has 106 valence electrons. The van der Waals surface area contributed by atoms with E-state index >= 15 is 0 Å². The van der Waals surface area contributed by atoms with Crippen molar-refractivity contribution in [1.29, 1.82) is 0 Å². The zero-order chi connectivity index (χ0) is 14.2. The highest BCUT2D eigenvalue weighted by Gasteiger charge is 2.24. The van der Waals surface area contributed by atoms with Gasteiger partial charge in [-0.05, 0) is 59.6 Å². The van der Waals surface area contributed by atoms with E-state index in [1.807, 2.05) is 12.1 Å². The fourth-order valence-electron chi connectivity index (χ4n) is 3.83. The van der Waals surface area contributed by atoms with E-state index in [-0.39, 0.29) is 0 Å². The topological polar surface area (TPSA) is 0 Å². The standard InChI is InChI=1S/C20H19Cl/c21-18-10-8-15(9-11-18)19-7-3-6-16-12-17(13-20(16)19)14-4-1-2-5-14/h3,6-11,13-14H,1-2,4-5,12H2. The molecule has 0 atom stereocenters. The van der Waals surface area contributed by atoms with E-state index in [1.165, 1.54) is 47.9 Å². The van der Waals surface area contributed by atoms with Gasteiger partial charge in [-0.25, -0.2) is 0 Å². The van der Waals surface area contributed by atoms with Crippen molar-refractivity contribution < 1.29 is 0 Å². The van der Waals surface area contributed by atoms with Crippen molar-refractivity contribution in [2.24, 2.45) is 5.92 Å². The van der Waals surface area contributed by atoms with Crippen molar-refractivity contribution >= 4 is 17.7 Å². The maximum absolute atomic E-state index is 6.01. The Kier molecular flexibility index (Phi) is 3.35. The van der Waals surface area contributed by atoms with Crippen LogP contribution in [0.4, 0.5) is 0 Å². The smallest absolute Gasteiger partial charge is 0.0406 e. The SMILES string of the molecule is Clc1ccc(-c2cccc3c2C=C(C2CCCC2)C3)cc1. The zero-order valence-corrected chi connectivity index (χ0v) is 12.9. The quantitative estimate of drug-likeness (QED) is 0.624. The van der Waals surface area contributed by atoms with Crippen LogP contribution in [0.2, 0.25) is 5.02 Å². The molecule has 0 spiro atoms. The van der Waals surface area contributed by atoms with Crippen LogP contribution >= 0.6 is 11.6 Å². The number of allylic oxidation sites excluding steroid dienone is 1. The summed E-state index contributed by atoms with van der Waals surface area (Å²) in [7, 11) is 0. The van der Waals surface area contributed by atoms with Crippen LogP contribution in [-0.2, 0) is 6.42 Å². The number of rotatable bonds is 2. The van der Waals surface area contributed by atoms with Gasteiger partial charge in [-0.2, -0.15) is 0 Å². The second-order valence-electron chi connectivity index (χ2n) is 6.26. The van der Waals surface area contributed by atoms with E-state index in [2.05, 4.69) is 36.4 Å². The highest BCUT2D eigenvalue weighted by Crippen LogP contribution is 2.41. The molecule has 0 unspecified atom stereocenters. The molecule has 0 nitrogen and oxygen atoms in total. The van der Waals surface area contributed by atoms with E-state index in [0.717, 1.165) is 17.4 Å². The van der Waals surface area contributed by atoms with Crippen molar-refractivity contribution in [2.75, 3.05) is 0 Å². The highest BCUT2D eigenvalue weighted by atomic mass is 35.5. The van der Waals surface area contributed by atoms with Gasteiger partial charge >= 0.3 is 0 Å². The third-order valence-electron chi connectivity index (χ3n) is 4.96. The summed E-state index contributed by atoms with van der Waals surface area (Å²) in [5.41, 5.74) is 7.19. The predicted octanol–water partition coefficient (Wildman–Crippen LogP) is 6.14. The molecule has 1 fully saturated rings. The molecule has 21 heavy (non-hydrogen) atoms. The third kappa shape index (κ3) is 2.42. The molecule has 0 radical (unpaired) electrons. The number of hydrogen-bond donors (Lipinski definition) is 0. The first-order valence-corrected chi connectivity index (χ1v) is 8.27. The van der Waals surface area contributed by atoms with Gasteiger partial charge in [0.05, 0.1) is 0 Å². The number of benzene rings is 2. The minimum absolute atomic E-state index is 0.800. The molecule has 0 aliphatic heterocycles. The fourth-order valence-corrected chi connectivity index (χ4v) is 3.96. The Bertz CT molecular complexity index is 688. The average molecular weight is 295 g/mol. The van der Waals surface area contributed by atoms with Crippen LogP contribution in [-0.4, -0.2) is 0 Å². The van der Waals surface area contributed by atoms with Gasteiger partial charge in [0.1, 0.15) is 0 Å². The first kappa shape index (κ1) is 13.2. The second-order valence-corrected chi connectivity index (χ2v) is 6.70. The van der Waals surface area contributed by atoms with Crippen molar-refractivity contribution in [1.82, 2.24) is 0 Å². The van der Waals surface area contributed by atoms with Crippen molar-refractivity contribution in [3.05, 3.63) is 64.2 Å². The van der Waals surface area contributed by atoms with Gasteiger partial charge in [-0.15, -0.1) is 0 Å². The lowest BCUT2D eigenvalue weighted by molar-refractivity contribution is 0.634. The van der Waals surface area contributed by atoms with Gasteiger partial charge in [0.15, 0.2) is 0 Å². The lowest BCUT2D eigenvalue weighted by atomic mass is 9.96. The molecule has 2 aliphatic rings. The van der Waals surface area contributed by atoms with Crippen molar-refractivity contribution in [3.63, 3.8) is 0 Å². The summed E-state index contributed by atoms with van der Waals surface area (Å²) in [6.45, 7) is 0. The van der Waals surface area contributed by atoms with Gasteiger partial charge in [0.2, 0.25) is 0 Å². The summed E-state index contributed by atoms with van der Waals surface area (Å²) < 4.78 is 0. The first-order valence-electron chi connectivity index (χ1n) is 7.89. The van der Waals surface area contributed by atoms with Gasteiger partial charge in [0, 0.05) is 5.02 Å². The minimum atomic E-state index is 0.800. The molecule has 2 aromatic carbocycles. The largest absolute Gasteiger partial charge is 0.0843 e.